The molecule has 1 N–H and O–H groups in total. The fraction of sp³-hybridized carbons (Fsp3) is 0.368. The molecule has 0 spiro atoms. The van der Waals surface area contributed by atoms with Crippen LogP contribution in [0.15, 0.2) is 24.3 Å². The molecule has 0 aliphatic heterocycles. The van der Waals surface area contributed by atoms with Crippen LogP contribution in [-0.2, 0) is 9.53 Å². The van der Waals surface area contributed by atoms with E-state index in [1.54, 1.807) is 31.2 Å². The van der Waals surface area contributed by atoms with Crippen molar-refractivity contribution in [2.45, 2.75) is 33.6 Å². The highest BCUT2D eigenvalue weighted by atomic mass is 35.5. The molecule has 2 aromatic rings. The number of halogens is 1. The van der Waals surface area contributed by atoms with E-state index >= 15 is 0 Å². The summed E-state index contributed by atoms with van der Waals surface area (Å²) in [4.78, 5) is 25.3. The summed E-state index contributed by atoms with van der Waals surface area (Å²) >= 11 is 7.20. The zero-order valence-electron chi connectivity index (χ0n) is 15.1. The van der Waals surface area contributed by atoms with Crippen molar-refractivity contribution in [1.29, 1.82) is 0 Å². The SMILES string of the molecule is CCOC(=O)c1c(NC(=O)CCCOc2ccc(Cl)cc2)sc(C)c1C. The zero-order chi connectivity index (χ0) is 19.1. The van der Waals surface area contributed by atoms with E-state index in [1.807, 2.05) is 13.8 Å². The van der Waals surface area contributed by atoms with Gasteiger partial charge in [0, 0.05) is 16.3 Å². The number of carbonyl (C=O) groups excluding carboxylic acids is 2. The minimum absolute atomic E-state index is 0.156. The number of hydrogen-bond donors (Lipinski definition) is 1. The minimum atomic E-state index is -0.407. The second kappa shape index (κ2) is 9.59. The van der Waals surface area contributed by atoms with Crippen molar-refractivity contribution in [2.24, 2.45) is 0 Å². The number of carbonyl (C=O) groups is 2. The van der Waals surface area contributed by atoms with E-state index in [-0.39, 0.29) is 5.91 Å². The van der Waals surface area contributed by atoms with E-state index < -0.39 is 5.97 Å². The second-order valence-corrected chi connectivity index (χ2v) is 7.32. The Bertz CT molecular complexity index is 771. The van der Waals surface area contributed by atoms with E-state index in [0.717, 1.165) is 10.4 Å². The normalized spacial score (nSPS) is 10.5. The van der Waals surface area contributed by atoms with Crippen molar-refractivity contribution in [3.63, 3.8) is 0 Å². The standard InChI is InChI=1S/C19H22ClNO4S/c1-4-24-19(23)17-12(2)13(3)26-18(17)21-16(22)6-5-11-25-15-9-7-14(20)8-10-15/h7-10H,4-6,11H2,1-3H3,(H,21,22). The van der Waals surface area contributed by atoms with Crippen LogP contribution < -0.4 is 10.1 Å². The summed E-state index contributed by atoms with van der Waals surface area (Å²) in [5.74, 6) is 0.149. The van der Waals surface area contributed by atoms with Crippen LogP contribution in [0.1, 0.15) is 40.6 Å². The van der Waals surface area contributed by atoms with Gasteiger partial charge < -0.3 is 14.8 Å². The summed E-state index contributed by atoms with van der Waals surface area (Å²) in [7, 11) is 0. The number of rotatable bonds is 8. The molecule has 0 bridgehead atoms. The molecule has 1 aromatic heterocycles. The monoisotopic (exact) mass is 395 g/mol. The Kier molecular flexibility index (Phi) is 7.48. The molecule has 0 radical (unpaired) electrons. The fourth-order valence-corrected chi connectivity index (χ4v) is 3.50. The van der Waals surface area contributed by atoms with E-state index in [4.69, 9.17) is 21.1 Å². The molecule has 0 fully saturated rings. The smallest absolute Gasteiger partial charge is 0.341 e. The van der Waals surface area contributed by atoms with Crippen LogP contribution in [0.3, 0.4) is 0 Å². The number of benzene rings is 1. The third kappa shape index (κ3) is 5.47. The van der Waals surface area contributed by atoms with Gasteiger partial charge in [-0.3, -0.25) is 4.79 Å². The van der Waals surface area contributed by atoms with Gasteiger partial charge in [0.2, 0.25) is 5.91 Å². The molecule has 0 unspecified atom stereocenters. The van der Waals surface area contributed by atoms with Crippen molar-refractivity contribution in [1.82, 2.24) is 0 Å². The molecule has 140 valence electrons. The van der Waals surface area contributed by atoms with E-state index in [0.29, 0.717) is 47.4 Å². The Hall–Kier alpha value is -2.05. The second-order valence-electron chi connectivity index (χ2n) is 5.66. The first-order valence-corrected chi connectivity index (χ1v) is 9.57. The number of aryl methyl sites for hydroxylation is 1. The van der Waals surface area contributed by atoms with Crippen molar-refractivity contribution < 1.29 is 19.1 Å². The third-order valence-corrected chi connectivity index (χ3v) is 5.12. The number of thiophene rings is 1. The highest BCUT2D eigenvalue weighted by molar-refractivity contribution is 7.16. The quantitative estimate of drug-likeness (QED) is 0.505. The molecule has 0 atom stereocenters. The van der Waals surface area contributed by atoms with Crippen LogP contribution >= 0.6 is 22.9 Å². The molecule has 1 heterocycles. The first-order chi connectivity index (χ1) is 12.4. The van der Waals surface area contributed by atoms with Gasteiger partial charge in [-0.15, -0.1) is 11.3 Å². The summed E-state index contributed by atoms with van der Waals surface area (Å²) in [6.07, 6.45) is 0.860. The van der Waals surface area contributed by atoms with E-state index in [2.05, 4.69) is 5.32 Å². The number of amides is 1. The maximum absolute atomic E-state index is 12.2. The van der Waals surface area contributed by atoms with Gasteiger partial charge >= 0.3 is 5.97 Å². The molecule has 0 aliphatic rings. The summed E-state index contributed by atoms with van der Waals surface area (Å²) in [5, 5.41) is 4.02. The predicted molar refractivity (Wildman–Crippen MR) is 105 cm³/mol. The van der Waals surface area contributed by atoms with Gasteiger partial charge in [0.05, 0.1) is 18.8 Å². The van der Waals surface area contributed by atoms with Gasteiger partial charge in [-0.25, -0.2) is 4.79 Å². The minimum Gasteiger partial charge on any atom is -0.494 e. The van der Waals surface area contributed by atoms with Gasteiger partial charge in [0.15, 0.2) is 0 Å². The zero-order valence-corrected chi connectivity index (χ0v) is 16.6. The van der Waals surface area contributed by atoms with Crippen LogP contribution in [0, 0.1) is 13.8 Å². The molecule has 7 heteroatoms. The van der Waals surface area contributed by atoms with E-state index in [1.165, 1.54) is 11.3 Å². The van der Waals surface area contributed by atoms with Crippen molar-refractivity contribution in [3.8, 4) is 5.75 Å². The van der Waals surface area contributed by atoms with E-state index in [9.17, 15) is 9.59 Å². The van der Waals surface area contributed by atoms with Gasteiger partial charge in [0.25, 0.3) is 0 Å². The largest absolute Gasteiger partial charge is 0.494 e. The Labute approximate surface area is 162 Å². The lowest BCUT2D eigenvalue weighted by atomic mass is 10.1. The average molecular weight is 396 g/mol. The molecule has 2 rings (SSSR count). The highest BCUT2D eigenvalue weighted by Gasteiger charge is 2.21. The molecular weight excluding hydrogens is 374 g/mol. The Morgan fingerprint density at radius 3 is 2.54 bits per heavy atom. The van der Waals surface area contributed by atoms with Crippen LogP contribution in [0.4, 0.5) is 5.00 Å². The molecule has 0 aliphatic carbocycles. The maximum atomic E-state index is 12.2. The van der Waals surface area contributed by atoms with Gasteiger partial charge in [-0.2, -0.15) is 0 Å². The predicted octanol–water partition coefficient (Wildman–Crippen LogP) is 4.99. The van der Waals surface area contributed by atoms with Crippen molar-refractivity contribution in [2.75, 3.05) is 18.5 Å². The Morgan fingerprint density at radius 2 is 1.88 bits per heavy atom. The third-order valence-electron chi connectivity index (χ3n) is 3.75. The molecule has 0 saturated heterocycles. The summed E-state index contributed by atoms with van der Waals surface area (Å²) < 4.78 is 10.7. The number of hydrogen-bond acceptors (Lipinski definition) is 5. The lowest BCUT2D eigenvalue weighted by Crippen LogP contribution is -2.15. The number of ether oxygens (including phenoxy) is 2. The molecular formula is C19H22ClNO4S. The highest BCUT2D eigenvalue weighted by Crippen LogP contribution is 2.33. The number of anilines is 1. The molecule has 26 heavy (non-hydrogen) atoms. The first kappa shape index (κ1) is 20.3. The maximum Gasteiger partial charge on any atom is 0.341 e. The van der Waals surface area contributed by atoms with Crippen molar-refractivity contribution >= 4 is 39.8 Å². The van der Waals surface area contributed by atoms with Gasteiger partial charge in [-0.05, 0) is 57.0 Å². The summed E-state index contributed by atoms with van der Waals surface area (Å²) in [6.45, 7) is 6.24. The molecule has 1 aromatic carbocycles. The summed E-state index contributed by atoms with van der Waals surface area (Å²) in [5.41, 5.74) is 1.29. The molecule has 1 amide bonds. The lowest BCUT2D eigenvalue weighted by Gasteiger charge is -2.08. The molecule has 0 saturated carbocycles. The first-order valence-electron chi connectivity index (χ1n) is 8.37. The van der Waals surface area contributed by atoms with Crippen LogP contribution in [0.2, 0.25) is 5.02 Å². The average Bonchev–Trinajstić information content (AvgIpc) is 2.87. The fourth-order valence-electron chi connectivity index (χ4n) is 2.31. The van der Waals surface area contributed by atoms with Crippen molar-refractivity contribution in [3.05, 3.63) is 45.3 Å². The van der Waals surface area contributed by atoms with Gasteiger partial charge in [0.1, 0.15) is 10.8 Å². The molecule has 5 nitrogen and oxygen atoms in total. The van der Waals surface area contributed by atoms with Crippen LogP contribution in [0.5, 0.6) is 5.75 Å². The van der Waals surface area contributed by atoms with Crippen LogP contribution in [-0.4, -0.2) is 25.1 Å². The Balaban J connectivity index is 1.86. The number of esters is 1. The topological polar surface area (TPSA) is 64.6 Å². The van der Waals surface area contributed by atoms with Gasteiger partial charge in [-0.1, -0.05) is 11.6 Å². The summed E-state index contributed by atoms with van der Waals surface area (Å²) in [6, 6.07) is 7.07. The Morgan fingerprint density at radius 1 is 1.19 bits per heavy atom. The van der Waals surface area contributed by atoms with Crippen LogP contribution in [0.25, 0.3) is 0 Å². The lowest BCUT2D eigenvalue weighted by molar-refractivity contribution is -0.116. The number of nitrogens with one attached hydrogen (secondary N) is 1.